The number of nitrogens with zero attached hydrogens (tertiary/aromatic N) is 3. The fraction of sp³-hybridized carbons (Fsp3) is 0.400. The highest BCUT2D eigenvalue weighted by Crippen LogP contribution is 2.27. The molecule has 1 fully saturated rings. The normalized spacial score (nSPS) is 14.6. The Morgan fingerprint density at radius 3 is 2.48 bits per heavy atom. The highest BCUT2D eigenvalue weighted by molar-refractivity contribution is 7.80. The zero-order valence-electron chi connectivity index (χ0n) is 16.8. The average Bonchev–Trinajstić information content (AvgIpc) is 3.14. The maximum absolute atomic E-state index is 6.10. The van der Waals surface area contributed by atoms with Crippen molar-refractivity contribution in [3.63, 3.8) is 0 Å². The van der Waals surface area contributed by atoms with Crippen LogP contribution in [0.25, 0.3) is 0 Å². The number of methoxy groups -OCH3 is 1. The molecule has 29 heavy (non-hydrogen) atoms. The molecular formula is C20H25ClN6OS. The second-order valence-corrected chi connectivity index (χ2v) is 7.78. The maximum atomic E-state index is 6.10. The van der Waals surface area contributed by atoms with Crippen molar-refractivity contribution in [3.8, 4) is 5.75 Å². The number of benzene rings is 1. The van der Waals surface area contributed by atoms with Crippen molar-refractivity contribution in [1.82, 2.24) is 15.3 Å². The van der Waals surface area contributed by atoms with Crippen LogP contribution in [0.15, 0.2) is 29.3 Å². The van der Waals surface area contributed by atoms with E-state index in [0.29, 0.717) is 33.5 Å². The van der Waals surface area contributed by atoms with Gasteiger partial charge in [0.15, 0.2) is 5.11 Å². The fourth-order valence-electron chi connectivity index (χ4n) is 3.24. The van der Waals surface area contributed by atoms with E-state index in [0.717, 1.165) is 24.2 Å². The van der Waals surface area contributed by atoms with E-state index in [4.69, 9.17) is 33.5 Å². The summed E-state index contributed by atoms with van der Waals surface area (Å²) in [4.78, 5) is 13.7. The van der Waals surface area contributed by atoms with Gasteiger partial charge in [-0.25, -0.2) is 15.0 Å². The Bertz CT molecular complexity index is 894. The Morgan fingerprint density at radius 1 is 1.14 bits per heavy atom. The second kappa shape index (κ2) is 9.84. The van der Waals surface area contributed by atoms with E-state index in [-0.39, 0.29) is 6.04 Å². The van der Waals surface area contributed by atoms with Crippen LogP contribution in [0.4, 0.5) is 11.6 Å². The van der Waals surface area contributed by atoms with E-state index in [1.54, 1.807) is 25.3 Å². The SMILES string of the molecule is COc1ccc(Cl)cc1NC(=S)NC(=NC1CCCC1)Nc1nc(C)cc(C)n1. The lowest BCUT2D eigenvalue weighted by Gasteiger charge is -2.17. The summed E-state index contributed by atoms with van der Waals surface area (Å²) in [5.41, 5.74) is 2.43. The van der Waals surface area contributed by atoms with Crippen LogP contribution in [-0.2, 0) is 0 Å². The molecule has 0 amide bonds. The first-order valence-electron chi connectivity index (χ1n) is 9.51. The largest absolute Gasteiger partial charge is 0.495 e. The molecule has 1 heterocycles. The van der Waals surface area contributed by atoms with Gasteiger partial charge in [-0.1, -0.05) is 24.4 Å². The molecule has 0 saturated heterocycles. The third-order valence-electron chi connectivity index (χ3n) is 4.49. The Labute approximate surface area is 181 Å². The molecular weight excluding hydrogens is 408 g/mol. The molecule has 1 aliphatic carbocycles. The van der Waals surface area contributed by atoms with Crippen LogP contribution in [-0.4, -0.2) is 34.2 Å². The predicted molar refractivity (Wildman–Crippen MR) is 122 cm³/mol. The molecule has 3 rings (SSSR count). The van der Waals surface area contributed by atoms with Gasteiger partial charge >= 0.3 is 0 Å². The number of aromatic nitrogens is 2. The number of ether oxygens (including phenoxy) is 1. The maximum Gasteiger partial charge on any atom is 0.229 e. The van der Waals surface area contributed by atoms with E-state index in [2.05, 4.69) is 25.9 Å². The average molecular weight is 433 g/mol. The molecule has 154 valence electrons. The number of aliphatic imine (C=N–C) groups is 1. The number of anilines is 2. The summed E-state index contributed by atoms with van der Waals surface area (Å²) in [6, 6.07) is 7.46. The molecule has 0 aliphatic heterocycles. The van der Waals surface area contributed by atoms with Crippen LogP contribution < -0.4 is 20.7 Å². The molecule has 1 aromatic heterocycles. The highest BCUT2D eigenvalue weighted by atomic mass is 35.5. The number of hydrogen-bond acceptors (Lipinski definition) is 5. The summed E-state index contributed by atoms with van der Waals surface area (Å²) in [6.45, 7) is 3.86. The van der Waals surface area contributed by atoms with Crippen molar-refractivity contribution < 1.29 is 4.74 Å². The van der Waals surface area contributed by atoms with Crippen molar-refractivity contribution in [2.24, 2.45) is 4.99 Å². The van der Waals surface area contributed by atoms with Crippen molar-refractivity contribution in [2.45, 2.75) is 45.6 Å². The molecule has 1 aliphatic rings. The predicted octanol–water partition coefficient (Wildman–Crippen LogP) is 4.45. The molecule has 1 saturated carbocycles. The second-order valence-electron chi connectivity index (χ2n) is 6.94. The Morgan fingerprint density at radius 2 is 1.83 bits per heavy atom. The van der Waals surface area contributed by atoms with Gasteiger partial charge in [0.05, 0.1) is 18.8 Å². The van der Waals surface area contributed by atoms with Gasteiger partial charge in [0.25, 0.3) is 0 Å². The summed E-state index contributed by atoms with van der Waals surface area (Å²) in [5.74, 6) is 1.63. The van der Waals surface area contributed by atoms with Gasteiger partial charge in [-0.2, -0.15) is 0 Å². The van der Waals surface area contributed by atoms with E-state index in [1.165, 1.54) is 12.8 Å². The van der Waals surface area contributed by atoms with Gasteiger partial charge in [0, 0.05) is 16.4 Å². The first-order chi connectivity index (χ1) is 13.9. The lowest BCUT2D eigenvalue weighted by Crippen LogP contribution is -2.40. The number of halogens is 1. The number of hydrogen-bond donors (Lipinski definition) is 3. The molecule has 0 atom stereocenters. The van der Waals surface area contributed by atoms with Crippen LogP contribution in [0.2, 0.25) is 5.02 Å². The van der Waals surface area contributed by atoms with Gasteiger partial charge in [-0.15, -0.1) is 0 Å². The highest BCUT2D eigenvalue weighted by Gasteiger charge is 2.16. The van der Waals surface area contributed by atoms with Gasteiger partial charge in [0.2, 0.25) is 11.9 Å². The quantitative estimate of drug-likeness (QED) is 0.374. The summed E-state index contributed by atoms with van der Waals surface area (Å²) in [5, 5.41) is 10.4. The van der Waals surface area contributed by atoms with Crippen LogP contribution in [0.1, 0.15) is 37.1 Å². The lowest BCUT2D eigenvalue weighted by molar-refractivity contribution is 0.417. The molecule has 0 spiro atoms. The van der Waals surface area contributed by atoms with Gasteiger partial charge in [0.1, 0.15) is 5.75 Å². The zero-order valence-corrected chi connectivity index (χ0v) is 18.3. The lowest BCUT2D eigenvalue weighted by atomic mass is 10.3. The van der Waals surface area contributed by atoms with Crippen LogP contribution in [0.5, 0.6) is 5.75 Å². The monoisotopic (exact) mass is 432 g/mol. The molecule has 3 N–H and O–H groups in total. The smallest absolute Gasteiger partial charge is 0.229 e. The van der Waals surface area contributed by atoms with Crippen molar-refractivity contribution >= 4 is 46.5 Å². The topological polar surface area (TPSA) is 83.5 Å². The standard InChI is InChI=1S/C20H25ClN6OS/c1-12-10-13(2)23-18(22-12)26-19(24-15-6-4-5-7-15)27-20(29)25-16-11-14(21)8-9-17(16)28-3/h8-11,15H,4-7H2,1-3H3,(H3,22,23,24,25,26,27,29). The van der Waals surface area contributed by atoms with E-state index in [1.807, 2.05) is 19.9 Å². The molecule has 0 unspecified atom stereocenters. The molecule has 9 heteroatoms. The number of rotatable bonds is 4. The summed E-state index contributed by atoms with van der Waals surface area (Å²) < 4.78 is 5.36. The third kappa shape index (κ3) is 6.27. The van der Waals surface area contributed by atoms with Crippen LogP contribution >= 0.6 is 23.8 Å². The Balaban J connectivity index is 1.77. The minimum Gasteiger partial charge on any atom is -0.495 e. The zero-order chi connectivity index (χ0) is 20.8. The molecule has 7 nitrogen and oxygen atoms in total. The van der Waals surface area contributed by atoms with Crippen molar-refractivity contribution in [3.05, 3.63) is 40.7 Å². The molecule has 0 bridgehead atoms. The molecule has 1 aromatic carbocycles. The van der Waals surface area contributed by atoms with Crippen LogP contribution in [0.3, 0.4) is 0 Å². The Hall–Kier alpha value is -2.45. The first-order valence-corrected chi connectivity index (χ1v) is 10.3. The van der Waals surface area contributed by atoms with E-state index >= 15 is 0 Å². The van der Waals surface area contributed by atoms with Gasteiger partial charge < -0.3 is 15.4 Å². The fourth-order valence-corrected chi connectivity index (χ4v) is 3.62. The molecule has 0 radical (unpaired) electrons. The van der Waals surface area contributed by atoms with Crippen molar-refractivity contribution in [1.29, 1.82) is 0 Å². The number of thiocarbonyl (C=S) groups is 1. The Kier molecular flexibility index (Phi) is 7.22. The van der Waals surface area contributed by atoms with Gasteiger partial charge in [-0.05, 0) is 63.2 Å². The molecule has 2 aromatic rings. The van der Waals surface area contributed by atoms with E-state index in [9.17, 15) is 0 Å². The van der Waals surface area contributed by atoms with Crippen LogP contribution in [0, 0.1) is 13.8 Å². The number of aryl methyl sites for hydroxylation is 2. The minimum absolute atomic E-state index is 0.249. The van der Waals surface area contributed by atoms with Crippen molar-refractivity contribution in [2.75, 3.05) is 17.7 Å². The summed E-state index contributed by atoms with van der Waals surface area (Å²) >= 11 is 11.6. The van der Waals surface area contributed by atoms with E-state index < -0.39 is 0 Å². The first kappa shape index (κ1) is 21.3. The third-order valence-corrected chi connectivity index (χ3v) is 4.93. The number of nitrogens with one attached hydrogen (secondary N) is 3. The van der Waals surface area contributed by atoms with Gasteiger partial charge in [-0.3, -0.25) is 5.32 Å². The minimum atomic E-state index is 0.249. The number of guanidine groups is 1. The summed E-state index contributed by atoms with van der Waals surface area (Å²) in [7, 11) is 1.59. The summed E-state index contributed by atoms with van der Waals surface area (Å²) in [6.07, 6.45) is 4.49.